The Hall–Kier alpha value is 0.140. The molecule has 0 amide bonds. The molecule has 0 radical (unpaired) electrons. The molecular formula is C22H26O2S6. The van der Waals surface area contributed by atoms with Crippen LogP contribution in [0.1, 0.15) is 34.1 Å². The Labute approximate surface area is 205 Å². The second-order valence-electron chi connectivity index (χ2n) is 7.27. The number of rotatable bonds is 8. The maximum atomic E-state index is 11.8. The molecule has 2 heterocycles. The van der Waals surface area contributed by atoms with Crippen LogP contribution in [-0.4, -0.2) is 43.7 Å². The lowest BCUT2D eigenvalue weighted by Gasteiger charge is -2.14. The number of hydrogen-bond acceptors (Lipinski definition) is 8. The summed E-state index contributed by atoms with van der Waals surface area (Å²) in [6.45, 7) is 11.0. The molecule has 2 fully saturated rings. The van der Waals surface area contributed by atoms with E-state index in [4.69, 9.17) is 0 Å². The van der Waals surface area contributed by atoms with Crippen LogP contribution < -0.4 is 0 Å². The highest BCUT2D eigenvalue weighted by atomic mass is 32.2. The predicted octanol–water partition coefficient (Wildman–Crippen LogP) is 7.05. The van der Waals surface area contributed by atoms with Gasteiger partial charge >= 0.3 is 0 Å². The lowest BCUT2D eigenvalue weighted by atomic mass is 10.2. The van der Waals surface area contributed by atoms with Crippen molar-refractivity contribution in [3.63, 3.8) is 0 Å². The van der Waals surface area contributed by atoms with Crippen LogP contribution in [0.15, 0.2) is 48.6 Å². The van der Waals surface area contributed by atoms with Crippen molar-refractivity contribution in [3.05, 3.63) is 59.7 Å². The topological polar surface area (TPSA) is 34.1 Å². The first kappa shape index (κ1) is 24.8. The molecule has 0 N–H and O–H groups in total. The lowest BCUT2D eigenvalue weighted by molar-refractivity contribution is -0.108. The summed E-state index contributed by atoms with van der Waals surface area (Å²) in [5.74, 6) is 3.90. The molecule has 0 spiro atoms. The smallest absolute Gasteiger partial charge is 0.214 e. The minimum absolute atomic E-state index is 0.112. The Kier molecular flexibility index (Phi) is 9.78. The van der Waals surface area contributed by atoms with Crippen molar-refractivity contribution in [2.75, 3.05) is 23.0 Å². The van der Waals surface area contributed by atoms with E-state index in [-0.39, 0.29) is 10.2 Å². The van der Waals surface area contributed by atoms with Gasteiger partial charge in [0.05, 0.1) is 9.16 Å². The molecule has 162 valence electrons. The molecule has 2 nitrogen and oxygen atoms in total. The largest absolute Gasteiger partial charge is 0.282 e. The van der Waals surface area contributed by atoms with Crippen LogP contribution in [-0.2, 0) is 9.59 Å². The second kappa shape index (κ2) is 11.8. The second-order valence-corrected chi connectivity index (χ2v) is 14.9. The van der Waals surface area contributed by atoms with E-state index in [1.165, 1.54) is 34.7 Å². The highest BCUT2D eigenvalue weighted by Crippen LogP contribution is 2.52. The standard InChI is InChI=1S/C22H26O2S6/c1-13(2)19(23)25-9-17-11-27-21(29-17)15-5-7-16(8-6-15)22-28-12-18(30-22)10-26-20(24)14(3)4/h5-8,17-18,21-22H,1,3,9-12H2,2,4H3. The van der Waals surface area contributed by atoms with E-state index in [1.54, 1.807) is 13.8 Å². The molecule has 0 bridgehead atoms. The van der Waals surface area contributed by atoms with E-state index in [0.29, 0.717) is 30.8 Å². The SMILES string of the molecule is C=C(C)C(=O)SCC1CSC(c2ccc(C3SCC(CSC(=O)C(=C)C)S3)cc2)S1. The van der Waals surface area contributed by atoms with Gasteiger partial charge in [-0.05, 0) is 36.1 Å². The Morgan fingerprint density at radius 3 is 1.53 bits per heavy atom. The van der Waals surface area contributed by atoms with Crippen molar-refractivity contribution >= 4 is 80.8 Å². The normalized spacial score (nSPS) is 25.9. The molecule has 0 aliphatic carbocycles. The molecule has 0 saturated carbocycles. The zero-order valence-corrected chi connectivity index (χ0v) is 22.0. The van der Waals surface area contributed by atoms with Crippen molar-refractivity contribution in [2.24, 2.45) is 0 Å². The first-order valence-electron chi connectivity index (χ1n) is 9.62. The van der Waals surface area contributed by atoms with Gasteiger partial charge in [0.15, 0.2) is 0 Å². The Bertz CT molecular complexity index is 739. The summed E-state index contributed by atoms with van der Waals surface area (Å²) in [6.07, 6.45) is 0. The van der Waals surface area contributed by atoms with Gasteiger partial charge in [0.1, 0.15) is 0 Å². The van der Waals surface area contributed by atoms with E-state index in [1.807, 2.05) is 47.0 Å². The fourth-order valence-electron chi connectivity index (χ4n) is 2.81. The summed E-state index contributed by atoms with van der Waals surface area (Å²) >= 11 is 10.7. The minimum atomic E-state index is 0.112. The number of carbonyl (C=O) groups is 2. The average molecular weight is 515 g/mol. The molecule has 30 heavy (non-hydrogen) atoms. The first-order chi connectivity index (χ1) is 14.3. The third-order valence-corrected chi connectivity index (χ3v) is 14.0. The van der Waals surface area contributed by atoms with Crippen LogP contribution >= 0.6 is 70.6 Å². The molecule has 8 heteroatoms. The van der Waals surface area contributed by atoms with Crippen LogP contribution in [0, 0.1) is 0 Å². The summed E-state index contributed by atoms with van der Waals surface area (Å²) in [5, 5.41) is 1.24. The van der Waals surface area contributed by atoms with Gasteiger partial charge in [0.25, 0.3) is 0 Å². The molecule has 4 unspecified atom stereocenters. The fraction of sp³-hybridized carbons (Fsp3) is 0.455. The van der Waals surface area contributed by atoms with Crippen LogP contribution in [0.4, 0.5) is 0 Å². The molecule has 2 aliphatic heterocycles. The van der Waals surface area contributed by atoms with Gasteiger partial charge in [0.2, 0.25) is 10.2 Å². The predicted molar refractivity (Wildman–Crippen MR) is 144 cm³/mol. The molecular weight excluding hydrogens is 489 g/mol. The monoisotopic (exact) mass is 514 g/mol. The summed E-state index contributed by atoms with van der Waals surface area (Å²) in [6, 6.07) is 9.06. The Morgan fingerprint density at radius 2 is 1.20 bits per heavy atom. The van der Waals surface area contributed by atoms with Crippen molar-refractivity contribution < 1.29 is 9.59 Å². The zero-order chi connectivity index (χ0) is 21.7. The minimum Gasteiger partial charge on any atom is -0.282 e. The number of benzene rings is 1. The van der Waals surface area contributed by atoms with Crippen LogP contribution in [0.5, 0.6) is 0 Å². The third kappa shape index (κ3) is 7.07. The van der Waals surface area contributed by atoms with Crippen molar-refractivity contribution in [3.8, 4) is 0 Å². The molecule has 0 aromatic heterocycles. The summed E-state index contributed by atoms with van der Waals surface area (Å²) in [5.41, 5.74) is 3.99. The van der Waals surface area contributed by atoms with E-state index < -0.39 is 0 Å². The highest BCUT2D eigenvalue weighted by molar-refractivity contribution is 8.21. The first-order valence-corrected chi connectivity index (χ1v) is 15.6. The van der Waals surface area contributed by atoms with E-state index in [2.05, 4.69) is 37.4 Å². The van der Waals surface area contributed by atoms with Gasteiger partial charge in [-0.1, -0.05) is 60.9 Å². The zero-order valence-electron chi connectivity index (χ0n) is 17.1. The van der Waals surface area contributed by atoms with Crippen LogP contribution in [0.3, 0.4) is 0 Å². The summed E-state index contributed by atoms with van der Waals surface area (Å²) < 4.78 is 0.900. The molecule has 4 atom stereocenters. The maximum absolute atomic E-state index is 11.8. The van der Waals surface area contributed by atoms with Gasteiger partial charge in [0, 0.05) is 33.5 Å². The van der Waals surface area contributed by atoms with E-state index in [9.17, 15) is 9.59 Å². The van der Waals surface area contributed by atoms with Crippen LogP contribution in [0.2, 0.25) is 0 Å². The summed E-state index contributed by atoms with van der Waals surface area (Å²) in [7, 11) is 0. The van der Waals surface area contributed by atoms with Crippen LogP contribution in [0.25, 0.3) is 0 Å². The summed E-state index contributed by atoms with van der Waals surface area (Å²) in [4.78, 5) is 23.5. The van der Waals surface area contributed by atoms with Gasteiger partial charge < -0.3 is 0 Å². The lowest BCUT2D eigenvalue weighted by Crippen LogP contribution is -2.07. The number of hydrogen-bond donors (Lipinski definition) is 0. The molecule has 3 rings (SSSR count). The van der Waals surface area contributed by atoms with Crippen molar-refractivity contribution in [1.29, 1.82) is 0 Å². The quantitative estimate of drug-likeness (QED) is 0.341. The number of thioether (sulfide) groups is 6. The van der Waals surface area contributed by atoms with Gasteiger partial charge in [-0.2, -0.15) is 0 Å². The third-order valence-electron chi connectivity index (χ3n) is 4.48. The fourth-order valence-corrected chi connectivity index (χ4v) is 11.7. The van der Waals surface area contributed by atoms with Crippen molar-refractivity contribution in [1.82, 2.24) is 0 Å². The van der Waals surface area contributed by atoms with E-state index >= 15 is 0 Å². The van der Waals surface area contributed by atoms with Crippen molar-refractivity contribution in [2.45, 2.75) is 33.5 Å². The maximum Gasteiger partial charge on any atom is 0.214 e. The molecule has 2 saturated heterocycles. The highest BCUT2D eigenvalue weighted by Gasteiger charge is 2.30. The van der Waals surface area contributed by atoms with Gasteiger partial charge in [-0.15, -0.1) is 47.0 Å². The number of carbonyl (C=O) groups excluding carboxylic acids is 2. The Balaban J connectivity index is 1.46. The average Bonchev–Trinajstić information content (AvgIpc) is 3.40. The van der Waals surface area contributed by atoms with Gasteiger partial charge in [-0.25, -0.2) is 0 Å². The van der Waals surface area contributed by atoms with E-state index in [0.717, 1.165) is 23.0 Å². The molecule has 2 aliphatic rings. The molecule has 1 aromatic rings. The Morgan fingerprint density at radius 1 is 0.833 bits per heavy atom. The van der Waals surface area contributed by atoms with Gasteiger partial charge in [-0.3, -0.25) is 9.59 Å². The molecule has 1 aromatic carbocycles.